The summed E-state index contributed by atoms with van der Waals surface area (Å²) in [5, 5.41) is 12.4. The van der Waals surface area contributed by atoms with Crippen LogP contribution in [0.2, 0.25) is 0 Å². The molecule has 1 saturated heterocycles. The fourth-order valence-electron chi connectivity index (χ4n) is 2.30. The topological polar surface area (TPSA) is 41.5 Å². The average Bonchev–Trinajstić information content (AvgIpc) is 2.57. The highest BCUT2D eigenvalue weighted by Crippen LogP contribution is 2.28. The highest BCUT2D eigenvalue weighted by Gasteiger charge is 2.31. The lowest BCUT2D eigenvalue weighted by atomic mass is 10.0. The van der Waals surface area contributed by atoms with Gasteiger partial charge in [0.25, 0.3) is 0 Å². The van der Waals surface area contributed by atoms with Crippen LogP contribution < -0.4 is 5.32 Å². The molecule has 1 fully saturated rings. The predicted molar refractivity (Wildman–Crippen MR) is 66.5 cm³/mol. The van der Waals surface area contributed by atoms with Crippen LogP contribution >= 0.6 is 0 Å². The number of hydrogen-bond donors (Lipinski definition) is 2. The van der Waals surface area contributed by atoms with Gasteiger partial charge >= 0.3 is 0 Å². The number of hydrogen-bond acceptors (Lipinski definition) is 3. The number of nitrogens with one attached hydrogen (secondary N) is 1. The molecule has 0 bridgehead atoms. The molecule has 1 rings (SSSR count). The fraction of sp³-hybridized carbons (Fsp3) is 1.00. The van der Waals surface area contributed by atoms with E-state index in [0.717, 1.165) is 38.8 Å². The van der Waals surface area contributed by atoms with Gasteiger partial charge in [-0.1, -0.05) is 13.3 Å². The highest BCUT2D eigenvalue weighted by atomic mass is 16.5. The SMILES string of the molecule is CCC(CCO)CNCC1CCC(C)(C)O1. The molecule has 96 valence electrons. The maximum atomic E-state index is 8.89. The molecular weight excluding hydrogens is 202 g/mol. The quantitative estimate of drug-likeness (QED) is 0.701. The van der Waals surface area contributed by atoms with Gasteiger partial charge in [-0.05, 0) is 45.6 Å². The van der Waals surface area contributed by atoms with Gasteiger partial charge in [-0.2, -0.15) is 0 Å². The lowest BCUT2D eigenvalue weighted by Crippen LogP contribution is -2.32. The molecule has 0 aromatic carbocycles. The summed E-state index contributed by atoms with van der Waals surface area (Å²) in [5.41, 5.74) is 0.0710. The molecular formula is C13H27NO2. The second kappa shape index (κ2) is 6.58. The van der Waals surface area contributed by atoms with Gasteiger partial charge in [-0.3, -0.25) is 0 Å². The van der Waals surface area contributed by atoms with Crippen molar-refractivity contribution in [1.82, 2.24) is 5.32 Å². The van der Waals surface area contributed by atoms with Crippen molar-refractivity contribution in [3.05, 3.63) is 0 Å². The summed E-state index contributed by atoms with van der Waals surface area (Å²) in [6.45, 7) is 8.74. The second-order valence-corrected chi connectivity index (χ2v) is 5.48. The molecule has 16 heavy (non-hydrogen) atoms. The van der Waals surface area contributed by atoms with Crippen molar-refractivity contribution in [2.75, 3.05) is 19.7 Å². The van der Waals surface area contributed by atoms with Crippen LogP contribution in [0.1, 0.15) is 46.5 Å². The van der Waals surface area contributed by atoms with Gasteiger partial charge in [0.05, 0.1) is 11.7 Å². The minimum absolute atomic E-state index is 0.0710. The molecule has 3 nitrogen and oxygen atoms in total. The van der Waals surface area contributed by atoms with Gasteiger partial charge in [0.15, 0.2) is 0 Å². The van der Waals surface area contributed by atoms with E-state index in [1.54, 1.807) is 0 Å². The van der Waals surface area contributed by atoms with Gasteiger partial charge in [0.2, 0.25) is 0 Å². The Labute approximate surface area is 99.6 Å². The van der Waals surface area contributed by atoms with Crippen molar-refractivity contribution in [1.29, 1.82) is 0 Å². The van der Waals surface area contributed by atoms with Crippen molar-refractivity contribution in [2.24, 2.45) is 5.92 Å². The van der Waals surface area contributed by atoms with E-state index in [-0.39, 0.29) is 5.60 Å². The number of ether oxygens (including phenoxy) is 1. The van der Waals surface area contributed by atoms with Crippen molar-refractivity contribution < 1.29 is 9.84 Å². The van der Waals surface area contributed by atoms with Crippen LogP contribution in [-0.4, -0.2) is 36.5 Å². The average molecular weight is 229 g/mol. The summed E-state index contributed by atoms with van der Waals surface area (Å²) >= 11 is 0. The maximum absolute atomic E-state index is 8.89. The third-order valence-electron chi connectivity index (χ3n) is 3.47. The van der Waals surface area contributed by atoms with E-state index in [4.69, 9.17) is 9.84 Å². The van der Waals surface area contributed by atoms with E-state index in [2.05, 4.69) is 26.1 Å². The second-order valence-electron chi connectivity index (χ2n) is 5.48. The Morgan fingerprint density at radius 2 is 2.25 bits per heavy atom. The van der Waals surface area contributed by atoms with E-state index in [0.29, 0.717) is 18.6 Å². The summed E-state index contributed by atoms with van der Waals surface area (Å²) in [7, 11) is 0. The molecule has 2 unspecified atom stereocenters. The van der Waals surface area contributed by atoms with E-state index in [1.807, 2.05) is 0 Å². The van der Waals surface area contributed by atoms with Crippen molar-refractivity contribution in [3.8, 4) is 0 Å². The highest BCUT2D eigenvalue weighted by molar-refractivity contribution is 4.82. The first-order chi connectivity index (χ1) is 7.57. The Morgan fingerprint density at radius 3 is 2.75 bits per heavy atom. The molecule has 0 aliphatic carbocycles. The Balaban J connectivity index is 2.11. The van der Waals surface area contributed by atoms with E-state index >= 15 is 0 Å². The van der Waals surface area contributed by atoms with Crippen LogP contribution in [0.25, 0.3) is 0 Å². The van der Waals surface area contributed by atoms with Crippen LogP contribution in [0.5, 0.6) is 0 Å². The largest absolute Gasteiger partial charge is 0.396 e. The molecule has 0 radical (unpaired) electrons. The molecule has 0 spiro atoms. The third-order valence-corrected chi connectivity index (χ3v) is 3.47. The summed E-state index contributed by atoms with van der Waals surface area (Å²) < 4.78 is 5.91. The third kappa shape index (κ3) is 4.81. The molecule has 1 heterocycles. The Hall–Kier alpha value is -0.120. The van der Waals surface area contributed by atoms with Gasteiger partial charge in [-0.15, -0.1) is 0 Å². The Bertz CT molecular complexity index is 194. The molecule has 2 atom stereocenters. The molecule has 1 aliphatic rings. The summed E-state index contributed by atoms with van der Waals surface area (Å²) in [4.78, 5) is 0. The monoisotopic (exact) mass is 229 g/mol. The molecule has 0 saturated carbocycles. The lowest BCUT2D eigenvalue weighted by Gasteiger charge is -2.20. The molecule has 0 aromatic rings. The summed E-state index contributed by atoms with van der Waals surface area (Å²) in [6.07, 6.45) is 4.73. The van der Waals surface area contributed by atoms with Gasteiger partial charge in [0.1, 0.15) is 0 Å². The van der Waals surface area contributed by atoms with Crippen molar-refractivity contribution in [2.45, 2.75) is 58.2 Å². The zero-order chi connectivity index (χ0) is 12.0. The van der Waals surface area contributed by atoms with Crippen LogP contribution in [0.3, 0.4) is 0 Å². The molecule has 3 heteroatoms. The fourth-order valence-corrected chi connectivity index (χ4v) is 2.30. The molecule has 1 aliphatic heterocycles. The zero-order valence-electron chi connectivity index (χ0n) is 11.0. The van der Waals surface area contributed by atoms with Gasteiger partial charge < -0.3 is 15.2 Å². The van der Waals surface area contributed by atoms with Crippen molar-refractivity contribution in [3.63, 3.8) is 0 Å². The van der Waals surface area contributed by atoms with Crippen molar-refractivity contribution >= 4 is 0 Å². The number of aliphatic hydroxyl groups is 1. The molecule has 0 amide bonds. The number of aliphatic hydroxyl groups excluding tert-OH is 1. The first-order valence-corrected chi connectivity index (χ1v) is 6.57. The van der Waals surface area contributed by atoms with Crippen LogP contribution in [-0.2, 0) is 4.74 Å². The maximum Gasteiger partial charge on any atom is 0.0707 e. The normalized spacial score (nSPS) is 25.9. The predicted octanol–water partition coefficient (Wildman–Crippen LogP) is 1.94. The Kier molecular flexibility index (Phi) is 5.73. The van der Waals surface area contributed by atoms with Crippen LogP contribution in [0.15, 0.2) is 0 Å². The Morgan fingerprint density at radius 1 is 1.50 bits per heavy atom. The van der Waals surface area contributed by atoms with Crippen LogP contribution in [0.4, 0.5) is 0 Å². The standard InChI is InChI=1S/C13H27NO2/c1-4-11(6-8-15)9-14-10-12-5-7-13(2,3)16-12/h11-12,14-15H,4-10H2,1-3H3. The van der Waals surface area contributed by atoms with Gasteiger partial charge in [-0.25, -0.2) is 0 Å². The van der Waals surface area contributed by atoms with E-state index in [1.165, 1.54) is 0 Å². The zero-order valence-corrected chi connectivity index (χ0v) is 11.0. The molecule has 0 aromatic heterocycles. The minimum Gasteiger partial charge on any atom is -0.396 e. The number of rotatable bonds is 7. The van der Waals surface area contributed by atoms with Gasteiger partial charge in [0, 0.05) is 13.2 Å². The first kappa shape index (κ1) is 13.9. The minimum atomic E-state index is 0.0710. The molecule has 2 N–H and O–H groups in total. The first-order valence-electron chi connectivity index (χ1n) is 6.57. The van der Waals surface area contributed by atoms with E-state index in [9.17, 15) is 0 Å². The van der Waals surface area contributed by atoms with E-state index < -0.39 is 0 Å². The smallest absolute Gasteiger partial charge is 0.0707 e. The van der Waals surface area contributed by atoms with Crippen LogP contribution in [0, 0.1) is 5.92 Å². The lowest BCUT2D eigenvalue weighted by molar-refractivity contribution is -0.0144. The summed E-state index contributed by atoms with van der Waals surface area (Å²) in [5.74, 6) is 0.597. The summed E-state index contributed by atoms with van der Waals surface area (Å²) in [6, 6.07) is 0.